The number of hydrogen-bond donors (Lipinski definition) is 2. The Hall–Kier alpha value is -2.33. The van der Waals surface area contributed by atoms with Gasteiger partial charge in [-0.3, -0.25) is 0 Å². The predicted molar refractivity (Wildman–Crippen MR) is 137 cm³/mol. The van der Waals surface area contributed by atoms with Crippen LogP contribution < -0.4 is 9.62 Å². The van der Waals surface area contributed by atoms with Gasteiger partial charge < -0.3 is 14.7 Å². The van der Waals surface area contributed by atoms with E-state index in [1.54, 1.807) is 19.1 Å². The van der Waals surface area contributed by atoms with Crippen LogP contribution in [-0.2, 0) is 14.8 Å². The minimum atomic E-state index is -3.65. The average Bonchev–Trinajstić information content (AvgIpc) is 2.77. The molecular weight excluding hydrogens is 452 g/mol. The lowest BCUT2D eigenvalue weighted by Gasteiger charge is -2.28. The number of anilines is 1. The fraction of sp³-hybridized carbons (Fsp3) is 0.520. The van der Waals surface area contributed by atoms with Gasteiger partial charge >= 0.3 is 0 Å². The Kier molecular flexibility index (Phi) is 9.75. The van der Waals surface area contributed by atoms with Crippen LogP contribution in [0.15, 0.2) is 63.7 Å². The van der Waals surface area contributed by atoms with E-state index in [1.807, 2.05) is 64.0 Å². The molecule has 1 unspecified atom stereocenters. The van der Waals surface area contributed by atoms with E-state index < -0.39 is 21.2 Å². The van der Waals surface area contributed by atoms with Gasteiger partial charge in [0, 0.05) is 26.3 Å². The van der Waals surface area contributed by atoms with Crippen LogP contribution in [0, 0.1) is 0 Å². The van der Waals surface area contributed by atoms with E-state index in [9.17, 15) is 13.5 Å². The molecule has 8 nitrogen and oxygen atoms in total. The zero-order valence-corrected chi connectivity index (χ0v) is 21.9. The van der Waals surface area contributed by atoms with Crippen molar-refractivity contribution in [1.82, 2.24) is 4.72 Å². The van der Waals surface area contributed by atoms with Crippen LogP contribution >= 0.6 is 0 Å². The van der Waals surface area contributed by atoms with E-state index in [4.69, 9.17) is 4.74 Å². The van der Waals surface area contributed by atoms with Gasteiger partial charge in [0.05, 0.1) is 34.1 Å². The lowest BCUT2D eigenvalue weighted by Crippen LogP contribution is -2.34. The Morgan fingerprint density at radius 1 is 0.941 bits per heavy atom. The maximum atomic E-state index is 12.6. The molecule has 0 aromatic heterocycles. The van der Waals surface area contributed by atoms with E-state index in [0.717, 1.165) is 5.69 Å². The molecule has 2 aromatic rings. The molecule has 0 aliphatic carbocycles. The minimum Gasteiger partial charge on any atom is -0.390 e. The van der Waals surface area contributed by atoms with E-state index in [1.165, 1.54) is 12.1 Å². The highest BCUT2D eigenvalue weighted by Gasteiger charge is 2.23. The highest BCUT2D eigenvalue weighted by molar-refractivity contribution is 7.89. The van der Waals surface area contributed by atoms with Crippen molar-refractivity contribution >= 4 is 27.1 Å². The van der Waals surface area contributed by atoms with Crippen molar-refractivity contribution in [2.75, 3.05) is 32.1 Å². The molecule has 2 aromatic carbocycles. The summed E-state index contributed by atoms with van der Waals surface area (Å²) in [4.78, 5) is 2.17. The molecule has 0 bridgehead atoms. The summed E-state index contributed by atoms with van der Waals surface area (Å²) in [6, 6.07) is 13.9. The molecule has 188 valence electrons. The van der Waals surface area contributed by atoms with Crippen molar-refractivity contribution in [3.05, 3.63) is 48.5 Å². The third-order valence-corrected chi connectivity index (χ3v) is 7.19. The molecule has 1 atom stereocenters. The van der Waals surface area contributed by atoms with Crippen molar-refractivity contribution in [2.24, 2.45) is 10.2 Å². The summed E-state index contributed by atoms with van der Waals surface area (Å²) >= 11 is 0. The molecule has 2 rings (SSSR count). The summed E-state index contributed by atoms with van der Waals surface area (Å²) < 4.78 is 33.8. The van der Waals surface area contributed by atoms with Crippen LogP contribution in [0.5, 0.6) is 0 Å². The molecule has 0 fully saturated rings. The van der Waals surface area contributed by atoms with Gasteiger partial charge in [0.25, 0.3) is 0 Å². The fourth-order valence-corrected chi connectivity index (χ4v) is 4.02. The lowest BCUT2D eigenvalue weighted by molar-refractivity contribution is -0.0542. The molecule has 0 saturated carbocycles. The first kappa shape index (κ1) is 27.9. The first-order valence-electron chi connectivity index (χ1n) is 11.5. The second-order valence-corrected chi connectivity index (χ2v) is 11.2. The number of sulfonamides is 1. The Bertz CT molecular complexity index is 1030. The van der Waals surface area contributed by atoms with Crippen molar-refractivity contribution < 1.29 is 18.3 Å². The Labute approximate surface area is 204 Å². The van der Waals surface area contributed by atoms with Crippen molar-refractivity contribution in [3.8, 4) is 0 Å². The first-order valence-corrected chi connectivity index (χ1v) is 13.0. The Balaban J connectivity index is 1.88. The van der Waals surface area contributed by atoms with Gasteiger partial charge in [0.15, 0.2) is 0 Å². The van der Waals surface area contributed by atoms with E-state index in [-0.39, 0.29) is 11.4 Å². The number of nitrogens with one attached hydrogen (secondary N) is 1. The van der Waals surface area contributed by atoms with Crippen LogP contribution in [-0.4, -0.2) is 52.0 Å². The Morgan fingerprint density at radius 3 is 1.97 bits per heavy atom. The van der Waals surface area contributed by atoms with Crippen molar-refractivity contribution in [3.63, 3.8) is 0 Å². The van der Waals surface area contributed by atoms with Crippen LogP contribution in [0.1, 0.15) is 47.0 Å². The largest absolute Gasteiger partial charge is 0.390 e. The van der Waals surface area contributed by atoms with E-state index in [2.05, 4.69) is 15.0 Å². The number of hydrogen-bond acceptors (Lipinski definition) is 7. The van der Waals surface area contributed by atoms with E-state index in [0.29, 0.717) is 37.2 Å². The van der Waals surface area contributed by atoms with Gasteiger partial charge in [0.2, 0.25) is 10.0 Å². The first-order chi connectivity index (χ1) is 15.8. The number of aliphatic hydroxyl groups is 1. The molecule has 0 radical (unpaired) electrons. The molecule has 34 heavy (non-hydrogen) atoms. The molecule has 0 amide bonds. The number of azo groups is 1. The number of nitrogens with zero attached hydrogens (tertiary/aromatic N) is 3. The lowest BCUT2D eigenvalue weighted by atomic mass is 9.99. The molecule has 0 heterocycles. The van der Waals surface area contributed by atoms with Gasteiger partial charge in [-0.15, -0.1) is 0 Å². The molecule has 9 heteroatoms. The van der Waals surface area contributed by atoms with Crippen LogP contribution in [0.2, 0.25) is 0 Å². The molecule has 2 N–H and O–H groups in total. The summed E-state index contributed by atoms with van der Waals surface area (Å²) in [5.41, 5.74) is 1.09. The number of benzene rings is 2. The summed E-state index contributed by atoms with van der Waals surface area (Å²) in [6.07, 6.45) is 1.68. The number of ether oxygens (including phenoxy) is 1. The van der Waals surface area contributed by atoms with Crippen LogP contribution in [0.25, 0.3) is 0 Å². The van der Waals surface area contributed by atoms with Crippen molar-refractivity contribution in [1.29, 1.82) is 0 Å². The third-order valence-electron chi connectivity index (χ3n) is 5.71. The quantitative estimate of drug-likeness (QED) is 0.376. The smallest absolute Gasteiger partial charge is 0.240 e. The second-order valence-electron chi connectivity index (χ2n) is 9.46. The molecule has 0 aliphatic rings. The highest BCUT2D eigenvalue weighted by atomic mass is 32.2. The van der Waals surface area contributed by atoms with Gasteiger partial charge in [0.1, 0.15) is 0 Å². The summed E-state index contributed by atoms with van der Waals surface area (Å²) in [5, 5.41) is 18.5. The zero-order valence-electron chi connectivity index (χ0n) is 21.1. The molecule has 0 spiro atoms. The standard InChI is InChI=1S/C25H38N4O4S/c1-7-25(4,30)17-19-33-24(2,3)16-18-26-34(31,32)23-14-10-21(11-15-23)28-27-20-8-12-22(13-9-20)29(5)6/h8-15,26,30H,7,16-19H2,1-6H3. The minimum absolute atomic E-state index is 0.166. The topological polar surface area (TPSA) is 104 Å². The van der Waals surface area contributed by atoms with E-state index >= 15 is 0 Å². The maximum absolute atomic E-state index is 12.6. The third kappa shape index (κ3) is 9.13. The molecular formula is C25H38N4O4S. The maximum Gasteiger partial charge on any atom is 0.240 e. The number of rotatable bonds is 13. The summed E-state index contributed by atoms with van der Waals surface area (Å²) in [5.74, 6) is 0. The van der Waals surface area contributed by atoms with Crippen LogP contribution in [0.4, 0.5) is 17.1 Å². The SMILES string of the molecule is CCC(C)(O)CCOC(C)(C)CCNS(=O)(=O)c1ccc(N=Nc2ccc(N(C)C)cc2)cc1. The summed E-state index contributed by atoms with van der Waals surface area (Å²) in [6.45, 7) is 8.19. The second kappa shape index (κ2) is 11.9. The highest BCUT2D eigenvalue weighted by Crippen LogP contribution is 2.23. The molecule has 0 aliphatic heterocycles. The monoisotopic (exact) mass is 490 g/mol. The summed E-state index contributed by atoms with van der Waals surface area (Å²) in [7, 11) is 0.288. The zero-order chi connectivity index (χ0) is 25.4. The average molecular weight is 491 g/mol. The predicted octanol–water partition coefficient (Wildman–Crippen LogP) is 5.18. The fourth-order valence-electron chi connectivity index (χ4n) is 2.99. The van der Waals surface area contributed by atoms with Gasteiger partial charge in [-0.1, -0.05) is 6.92 Å². The molecule has 0 saturated heterocycles. The van der Waals surface area contributed by atoms with Crippen molar-refractivity contribution in [2.45, 2.75) is 63.1 Å². The Morgan fingerprint density at radius 2 is 1.47 bits per heavy atom. The normalized spacial score (nSPS) is 14.3. The van der Waals surface area contributed by atoms with Crippen LogP contribution in [0.3, 0.4) is 0 Å². The van der Waals surface area contributed by atoms with Gasteiger partial charge in [-0.2, -0.15) is 10.2 Å². The van der Waals surface area contributed by atoms with Gasteiger partial charge in [-0.25, -0.2) is 13.1 Å². The van der Waals surface area contributed by atoms with Gasteiger partial charge in [-0.05, 0) is 88.6 Å².